The Morgan fingerprint density at radius 2 is 2.39 bits per heavy atom. The van der Waals surface area contributed by atoms with E-state index in [9.17, 15) is 9.18 Å². The Kier molecular flexibility index (Phi) is 3.91. The van der Waals surface area contributed by atoms with E-state index in [0.717, 1.165) is 6.20 Å². The lowest BCUT2D eigenvalue weighted by atomic mass is 10.2. The van der Waals surface area contributed by atoms with Crippen molar-refractivity contribution in [2.75, 3.05) is 13.6 Å². The van der Waals surface area contributed by atoms with Crippen molar-refractivity contribution in [3.8, 4) is 0 Å². The molecule has 0 bridgehead atoms. The van der Waals surface area contributed by atoms with Gasteiger partial charge in [0.1, 0.15) is 0 Å². The Morgan fingerprint density at radius 1 is 1.67 bits per heavy atom. The minimum atomic E-state index is -0.585. The van der Waals surface area contributed by atoms with E-state index < -0.39 is 5.82 Å². The van der Waals surface area contributed by atoms with E-state index in [2.05, 4.69) is 29.2 Å². The number of carbonyl (C=O) groups excluding carboxylic acids is 1. The minimum absolute atomic E-state index is 0.0475. The van der Waals surface area contributed by atoms with Crippen LogP contribution in [0.3, 0.4) is 0 Å². The lowest BCUT2D eigenvalue weighted by molar-refractivity contribution is 0.0935. The van der Waals surface area contributed by atoms with Crippen molar-refractivity contribution in [1.82, 2.24) is 15.2 Å². The number of rotatable bonds is 5. The first-order valence-electron chi connectivity index (χ1n) is 6.19. The van der Waals surface area contributed by atoms with Crippen LogP contribution in [0.25, 0.3) is 0 Å². The van der Waals surface area contributed by atoms with E-state index in [1.165, 1.54) is 25.1 Å². The number of nitrogens with zero attached hydrogens (tertiary/aromatic N) is 2. The molecule has 0 aliphatic heterocycles. The van der Waals surface area contributed by atoms with Crippen molar-refractivity contribution >= 4 is 5.91 Å². The van der Waals surface area contributed by atoms with Gasteiger partial charge in [0.25, 0.3) is 5.91 Å². The van der Waals surface area contributed by atoms with Crippen molar-refractivity contribution in [2.24, 2.45) is 0 Å². The van der Waals surface area contributed by atoms with Gasteiger partial charge in [-0.2, -0.15) is 0 Å². The maximum atomic E-state index is 13.3. The summed E-state index contributed by atoms with van der Waals surface area (Å²) in [6.07, 6.45) is 4.92. The average molecular weight is 251 g/mol. The second-order valence-electron chi connectivity index (χ2n) is 4.81. The van der Waals surface area contributed by atoms with Crippen molar-refractivity contribution in [1.29, 1.82) is 0 Å². The maximum absolute atomic E-state index is 13.3. The number of likely N-dealkylation sites (N-methyl/N-ethyl adjacent to an activating group) is 1. The number of hydrogen-bond acceptors (Lipinski definition) is 3. The lowest BCUT2D eigenvalue weighted by Crippen LogP contribution is -2.41. The largest absolute Gasteiger partial charge is 0.350 e. The summed E-state index contributed by atoms with van der Waals surface area (Å²) < 4.78 is 13.3. The van der Waals surface area contributed by atoms with Gasteiger partial charge in [-0.05, 0) is 32.9 Å². The molecule has 1 saturated carbocycles. The van der Waals surface area contributed by atoms with E-state index in [4.69, 9.17) is 0 Å². The predicted molar refractivity (Wildman–Crippen MR) is 66.8 cm³/mol. The molecule has 1 aromatic rings. The molecule has 0 spiro atoms. The number of hydrogen-bond donors (Lipinski definition) is 1. The molecule has 0 radical (unpaired) electrons. The summed E-state index contributed by atoms with van der Waals surface area (Å²) in [6, 6.07) is 2.29. The quantitative estimate of drug-likeness (QED) is 0.861. The molecule has 5 heteroatoms. The van der Waals surface area contributed by atoms with Gasteiger partial charge >= 0.3 is 0 Å². The molecule has 1 unspecified atom stereocenters. The molecule has 1 aliphatic rings. The van der Waals surface area contributed by atoms with Gasteiger partial charge < -0.3 is 5.32 Å². The van der Waals surface area contributed by atoms with E-state index in [1.807, 2.05) is 0 Å². The van der Waals surface area contributed by atoms with Crippen LogP contribution in [0, 0.1) is 5.82 Å². The molecule has 1 atom stereocenters. The van der Waals surface area contributed by atoms with Gasteiger partial charge in [-0.25, -0.2) is 4.39 Å². The highest BCUT2D eigenvalue weighted by Gasteiger charge is 2.29. The highest BCUT2D eigenvalue weighted by Crippen LogP contribution is 2.26. The Labute approximate surface area is 106 Å². The molecule has 1 heterocycles. The van der Waals surface area contributed by atoms with Crippen LogP contribution in [0.1, 0.15) is 30.1 Å². The molecular weight excluding hydrogens is 233 g/mol. The standard InChI is InChI=1S/C13H18FN3O/c1-9(17(2)10-3-4-10)7-16-13(18)11-5-6-15-8-12(11)14/h5-6,8-10H,3-4,7H2,1-2H3,(H,16,18). The second kappa shape index (κ2) is 5.44. The number of amides is 1. The molecule has 0 saturated heterocycles. The van der Waals surface area contributed by atoms with Gasteiger partial charge in [-0.3, -0.25) is 14.7 Å². The SMILES string of the molecule is CC(CNC(=O)c1ccncc1F)N(C)C1CC1. The second-order valence-corrected chi connectivity index (χ2v) is 4.81. The summed E-state index contributed by atoms with van der Waals surface area (Å²) in [5, 5.41) is 2.75. The molecule has 1 aromatic heterocycles. The fourth-order valence-electron chi connectivity index (χ4n) is 1.88. The van der Waals surface area contributed by atoms with Gasteiger partial charge in [0, 0.05) is 24.8 Å². The molecule has 1 amide bonds. The maximum Gasteiger partial charge on any atom is 0.254 e. The molecule has 18 heavy (non-hydrogen) atoms. The third-order valence-electron chi connectivity index (χ3n) is 3.39. The Balaban J connectivity index is 1.86. The molecule has 4 nitrogen and oxygen atoms in total. The Hall–Kier alpha value is -1.49. The third-order valence-corrected chi connectivity index (χ3v) is 3.39. The van der Waals surface area contributed by atoms with Crippen LogP contribution in [0.2, 0.25) is 0 Å². The van der Waals surface area contributed by atoms with E-state index in [-0.39, 0.29) is 17.5 Å². The first-order chi connectivity index (χ1) is 8.59. The van der Waals surface area contributed by atoms with Gasteiger partial charge in [-0.15, -0.1) is 0 Å². The number of nitrogens with one attached hydrogen (secondary N) is 1. The fourth-order valence-corrected chi connectivity index (χ4v) is 1.88. The smallest absolute Gasteiger partial charge is 0.254 e. The van der Waals surface area contributed by atoms with Crippen molar-refractivity contribution in [3.05, 3.63) is 29.8 Å². The van der Waals surface area contributed by atoms with Crippen LogP contribution in [0.4, 0.5) is 4.39 Å². The number of carbonyl (C=O) groups is 1. The highest BCUT2D eigenvalue weighted by atomic mass is 19.1. The summed E-state index contributed by atoms with van der Waals surface area (Å²) in [5.41, 5.74) is 0.0475. The summed E-state index contributed by atoms with van der Waals surface area (Å²) in [6.45, 7) is 2.58. The first-order valence-corrected chi connectivity index (χ1v) is 6.19. The van der Waals surface area contributed by atoms with Gasteiger partial charge in [0.05, 0.1) is 11.8 Å². The average Bonchev–Trinajstić information content (AvgIpc) is 3.19. The van der Waals surface area contributed by atoms with E-state index in [1.54, 1.807) is 0 Å². The van der Waals surface area contributed by atoms with Crippen LogP contribution in [-0.2, 0) is 0 Å². The van der Waals surface area contributed by atoms with Crippen molar-refractivity contribution in [3.63, 3.8) is 0 Å². The lowest BCUT2D eigenvalue weighted by Gasteiger charge is -2.24. The number of halogens is 1. The van der Waals surface area contributed by atoms with Gasteiger partial charge in [0.15, 0.2) is 5.82 Å². The zero-order valence-electron chi connectivity index (χ0n) is 10.7. The highest BCUT2D eigenvalue weighted by molar-refractivity contribution is 5.94. The number of pyridine rings is 1. The van der Waals surface area contributed by atoms with Crippen LogP contribution in [0.5, 0.6) is 0 Å². The molecule has 1 N–H and O–H groups in total. The molecule has 98 valence electrons. The van der Waals surface area contributed by atoms with Crippen molar-refractivity contribution < 1.29 is 9.18 Å². The molecule has 2 rings (SSSR count). The summed E-state index contributed by atoms with van der Waals surface area (Å²) in [5.74, 6) is -0.968. The monoisotopic (exact) mass is 251 g/mol. The van der Waals surface area contributed by atoms with Gasteiger partial charge in [-0.1, -0.05) is 0 Å². The third kappa shape index (κ3) is 3.04. The predicted octanol–water partition coefficient (Wildman–Crippen LogP) is 1.43. The normalized spacial score (nSPS) is 16.7. The fraction of sp³-hybridized carbons (Fsp3) is 0.538. The summed E-state index contributed by atoms with van der Waals surface area (Å²) >= 11 is 0. The zero-order valence-corrected chi connectivity index (χ0v) is 10.7. The Bertz CT molecular complexity index is 434. The van der Waals surface area contributed by atoms with E-state index in [0.29, 0.717) is 12.6 Å². The molecule has 1 fully saturated rings. The zero-order chi connectivity index (χ0) is 13.1. The Morgan fingerprint density at radius 3 is 3.00 bits per heavy atom. The minimum Gasteiger partial charge on any atom is -0.350 e. The van der Waals surface area contributed by atoms with Crippen LogP contribution in [0.15, 0.2) is 18.5 Å². The van der Waals surface area contributed by atoms with Crippen molar-refractivity contribution in [2.45, 2.75) is 31.8 Å². The topological polar surface area (TPSA) is 45.2 Å². The number of aromatic nitrogens is 1. The van der Waals surface area contributed by atoms with Crippen LogP contribution < -0.4 is 5.32 Å². The van der Waals surface area contributed by atoms with Crippen LogP contribution >= 0.6 is 0 Å². The molecular formula is C13H18FN3O. The van der Waals surface area contributed by atoms with Crippen LogP contribution in [-0.4, -0.2) is 41.5 Å². The first kappa shape index (κ1) is 13.0. The summed E-state index contributed by atoms with van der Waals surface area (Å²) in [4.78, 5) is 17.7. The molecule has 0 aromatic carbocycles. The molecule has 1 aliphatic carbocycles. The summed E-state index contributed by atoms with van der Waals surface area (Å²) in [7, 11) is 2.06. The van der Waals surface area contributed by atoms with Gasteiger partial charge in [0.2, 0.25) is 0 Å². The van der Waals surface area contributed by atoms with E-state index >= 15 is 0 Å².